The maximum absolute atomic E-state index is 13.1. The molecule has 5 rings (SSSR count). The first-order chi connectivity index (χ1) is 18.4. The molecule has 0 aliphatic carbocycles. The smallest absolute Gasteiger partial charge is 0.406 e. The van der Waals surface area contributed by atoms with Crippen LogP contribution in [-0.4, -0.2) is 25.8 Å². The lowest BCUT2D eigenvalue weighted by molar-refractivity contribution is -0.274. The van der Waals surface area contributed by atoms with Gasteiger partial charge in [0.1, 0.15) is 5.75 Å². The van der Waals surface area contributed by atoms with Crippen molar-refractivity contribution in [3.8, 4) is 28.0 Å². The second kappa shape index (κ2) is 9.77. The van der Waals surface area contributed by atoms with Crippen molar-refractivity contribution in [2.24, 2.45) is 0 Å². The summed E-state index contributed by atoms with van der Waals surface area (Å²) in [6.07, 6.45) is -7.97. The molecule has 0 bridgehead atoms. The first-order valence-electron chi connectivity index (χ1n) is 11.2. The molecule has 0 radical (unpaired) electrons. The molecule has 5 aromatic rings. The van der Waals surface area contributed by atoms with Crippen molar-refractivity contribution in [3.63, 3.8) is 0 Å². The fourth-order valence-corrected chi connectivity index (χ4v) is 4.12. The number of halogens is 7. The zero-order chi connectivity index (χ0) is 27.9. The quantitative estimate of drug-likeness (QED) is 0.219. The maximum atomic E-state index is 13.1. The summed E-state index contributed by atoms with van der Waals surface area (Å²) in [5.74, 6) is -0.412. The van der Waals surface area contributed by atoms with Gasteiger partial charge in [0.25, 0.3) is 0 Å². The summed E-state index contributed by atoms with van der Waals surface area (Å²) in [5.41, 5.74) is 1.02. The molecule has 6 nitrogen and oxygen atoms in total. The lowest BCUT2D eigenvalue weighted by Gasteiger charge is -2.12. The van der Waals surface area contributed by atoms with Gasteiger partial charge in [-0.05, 0) is 53.1 Å². The number of ether oxygens (including phenoxy) is 1. The van der Waals surface area contributed by atoms with E-state index in [1.54, 1.807) is 24.3 Å². The van der Waals surface area contributed by atoms with Gasteiger partial charge in [0.15, 0.2) is 5.65 Å². The molecule has 39 heavy (non-hydrogen) atoms. The summed E-state index contributed by atoms with van der Waals surface area (Å²) in [6, 6.07) is 16.0. The Kier molecular flexibility index (Phi) is 6.59. The first-order valence-corrected chi connectivity index (χ1v) is 11.5. The van der Waals surface area contributed by atoms with E-state index in [0.29, 0.717) is 32.8 Å². The molecule has 0 saturated carbocycles. The van der Waals surface area contributed by atoms with Gasteiger partial charge in [0, 0.05) is 16.1 Å². The topological polar surface area (TPSA) is 61.4 Å². The number of aromatic nitrogens is 4. The molecule has 0 atom stereocenters. The molecule has 200 valence electrons. The van der Waals surface area contributed by atoms with E-state index < -0.39 is 29.5 Å². The molecular formula is C26H15ClF6N4O2. The average Bonchev–Trinajstić information content (AvgIpc) is 3.18. The molecule has 0 N–H and O–H groups in total. The average molecular weight is 565 g/mol. The van der Waals surface area contributed by atoms with Gasteiger partial charge >= 0.3 is 18.2 Å². The predicted octanol–water partition coefficient (Wildman–Crippen LogP) is 6.84. The van der Waals surface area contributed by atoms with E-state index in [-0.39, 0.29) is 12.2 Å². The van der Waals surface area contributed by atoms with Gasteiger partial charge in [-0.3, -0.25) is 0 Å². The second-order valence-electron chi connectivity index (χ2n) is 8.38. The minimum absolute atomic E-state index is 0.126. The van der Waals surface area contributed by atoms with Crippen LogP contribution in [0.25, 0.3) is 27.9 Å². The second-order valence-corrected chi connectivity index (χ2v) is 8.82. The van der Waals surface area contributed by atoms with Gasteiger partial charge in [-0.15, -0.1) is 18.3 Å². The fourth-order valence-electron chi connectivity index (χ4n) is 3.99. The van der Waals surface area contributed by atoms with E-state index in [1.165, 1.54) is 30.5 Å². The Morgan fingerprint density at radius 3 is 2.03 bits per heavy atom. The van der Waals surface area contributed by atoms with Crippen LogP contribution in [0.5, 0.6) is 5.75 Å². The van der Waals surface area contributed by atoms with E-state index in [0.717, 1.165) is 33.5 Å². The van der Waals surface area contributed by atoms with Crippen molar-refractivity contribution in [2.75, 3.05) is 0 Å². The maximum Gasteiger partial charge on any atom is 0.573 e. The van der Waals surface area contributed by atoms with Crippen molar-refractivity contribution in [3.05, 3.63) is 106 Å². The SMILES string of the molecule is O=c1n(Cc2ccc(C(F)(F)F)cc2)nc2c(-c3ccc(Cl)cc3)c(-c3ccc(OC(F)(F)F)cc3)cnn12. The zero-order valence-electron chi connectivity index (χ0n) is 19.5. The van der Waals surface area contributed by atoms with Gasteiger partial charge in [-0.2, -0.15) is 22.8 Å². The molecule has 2 aromatic heterocycles. The highest BCUT2D eigenvalue weighted by Crippen LogP contribution is 2.36. The number of benzene rings is 3. The third-order valence-corrected chi connectivity index (χ3v) is 6.01. The lowest BCUT2D eigenvalue weighted by atomic mass is 9.97. The van der Waals surface area contributed by atoms with E-state index >= 15 is 0 Å². The van der Waals surface area contributed by atoms with Crippen LogP contribution in [0.4, 0.5) is 26.3 Å². The van der Waals surface area contributed by atoms with Gasteiger partial charge in [0.2, 0.25) is 0 Å². The molecule has 13 heteroatoms. The Hall–Kier alpha value is -4.32. The van der Waals surface area contributed by atoms with Crippen LogP contribution in [0.1, 0.15) is 11.1 Å². The molecule has 0 saturated heterocycles. The van der Waals surface area contributed by atoms with Gasteiger partial charge < -0.3 is 4.74 Å². The molecule has 0 unspecified atom stereocenters. The normalized spacial score (nSPS) is 12.2. The van der Waals surface area contributed by atoms with Crippen LogP contribution in [0.3, 0.4) is 0 Å². The lowest BCUT2D eigenvalue weighted by Crippen LogP contribution is -2.23. The van der Waals surface area contributed by atoms with E-state index in [2.05, 4.69) is 14.9 Å². The number of rotatable bonds is 5. The largest absolute Gasteiger partial charge is 0.573 e. The minimum Gasteiger partial charge on any atom is -0.406 e. The number of fused-ring (bicyclic) bond motifs is 1. The summed E-state index contributed by atoms with van der Waals surface area (Å²) in [7, 11) is 0. The highest BCUT2D eigenvalue weighted by Gasteiger charge is 2.31. The minimum atomic E-state index is -4.85. The summed E-state index contributed by atoms with van der Waals surface area (Å²) in [4.78, 5) is 13.1. The van der Waals surface area contributed by atoms with Crippen LogP contribution in [0.2, 0.25) is 5.02 Å². The monoisotopic (exact) mass is 564 g/mol. The Balaban J connectivity index is 1.61. The van der Waals surface area contributed by atoms with Crippen LogP contribution in [-0.2, 0) is 12.7 Å². The molecule has 3 aromatic carbocycles. The molecule has 2 heterocycles. The van der Waals surface area contributed by atoms with Crippen LogP contribution in [0.15, 0.2) is 83.8 Å². The summed E-state index contributed by atoms with van der Waals surface area (Å²) < 4.78 is 82.5. The number of alkyl halides is 6. The molecule has 0 spiro atoms. The zero-order valence-corrected chi connectivity index (χ0v) is 20.2. The van der Waals surface area contributed by atoms with Gasteiger partial charge in [-0.25, -0.2) is 9.48 Å². The Morgan fingerprint density at radius 1 is 0.821 bits per heavy atom. The summed E-state index contributed by atoms with van der Waals surface area (Å²) in [5, 5.41) is 9.04. The van der Waals surface area contributed by atoms with E-state index in [4.69, 9.17) is 11.6 Å². The van der Waals surface area contributed by atoms with E-state index in [1.807, 2.05) is 0 Å². The predicted molar refractivity (Wildman–Crippen MR) is 130 cm³/mol. The summed E-state index contributed by atoms with van der Waals surface area (Å²) in [6.45, 7) is -0.126. The first kappa shape index (κ1) is 26.3. The third kappa shape index (κ3) is 5.60. The highest BCUT2D eigenvalue weighted by molar-refractivity contribution is 6.30. The number of hydrogen-bond donors (Lipinski definition) is 0. The van der Waals surface area contributed by atoms with Crippen molar-refractivity contribution in [1.29, 1.82) is 0 Å². The van der Waals surface area contributed by atoms with Crippen LogP contribution < -0.4 is 10.4 Å². The van der Waals surface area contributed by atoms with Gasteiger partial charge in [0.05, 0.1) is 18.3 Å². The van der Waals surface area contributed by atoms with Crippen molar-refractivity contribution in [2.45, 2.75) is 19.1 Å². The number of nitrogens with zero attached hydrogens (tertiary/aromatic N) is 4. The Morgan fingerprint density at radius 2 is 1.44 bits per heavy atom. The van der Waals surface area contributed by atoms with Crippen LogP contribution >= 0.6 is 11.6 Å². The summed E-state index contributed by atoms with van der Waals surface area (Å²) >= 11 is 6.04. The fraction of sp³-hybridized carbons (Fsp3) is 0.115. The molecular weight excluding hydrogens is 550 g/mol. The molecule has 0 aliphatic rings. The van der Waals surface area contributed by atoms with E-state index in [9.17, 15) is 31.1 Å². The van der Waals surface area contributed by atoms with Crippen molar-refractivity contribution in [1.82, 2.24) is 19.4 Å². The highest BCUT2D eigenvalue weighted by atomic mass is 35.5. The molecule has 0 aliphatic heterocycles. The van der Waals surface area contributed by atoms with Crippen LogP contribution in [0, 0.1) is 0 Å². The Bertz CT molecular complexity index is 1690. The Labute approximate surface area is 220 Å². The van der Waals surface area contributed by atoms with Gasteiger partial charge in [-0.1, -0.05) is 48.0 Å². The number of hydrogen-bond acceptors (Lipinski definition) is 4. The third-order valence-electron chi connectivity index (χ3n) is 5.76. The molecule has 0 fully saturated rings. The van der Waals surface area contributed by atoms with Crippen molar-refractivity contribution >= 4 is 17.2 Å². The molecule has 0 amide bonds. The van der Waals surface area contributed by atoms with Crippen molar-refractivity contribution < 1.29 is 31.1 Å². The standard InChI is InChI=1S/C26H15ClF6N4O2/c27-19-9-3-17(4-10-19)22-21(16-5-11-20(12-6-16)39-26(31,32)33)13-34-37-23(22)35-36(24(37)38)14-15-1-7-18(8-2-15)25(28,29)30/h1-13H,14H2.